The first-order valence-electron chi connectivity index (χ1n) is 9.86. The second kappa shape index (κ2) is 8.71. The zero-order valence-electron chi connectivity index (χ0n) is 16.6. The van der Waals surface area contributed by atoms with Crippen molar-refractivity contribution in [1.82, 2.24) is 15.0 Å². The summed E-state index contributed by atoms with van der Waals surface area (Å²) in [4.78, 5) is 19.1. The minimum absolute atomic E-state index is 0.0144. The van der Waals surface area contributed by atoms with E-state index in [-0.39, 0.29) is 17.5 Å². The quantitative estimate of drug-likeness (QED) is 0.681. The molecule has 0 aliphatic carbocycles. The molecule has 1 fully saturated rings. The van der Waals surface area contributed by atoms with E-state index in [4.69, 9.17) is 4.52 Å². The van der Waals surface area contributed by atoms with Crippen LogP contribution in [0.3, 0.4) is 0 Å². The maximum atomic E-state index is 13.8. The average molecular weight is 412 g/mol. The number of aromatic nitrogens is 2. The normalized spacial score (nSPS) is 17.1. The molecule has 1 aliphatic rings. The first-order chi connectivity index (χ1) is 14.5. The predicted molar refractivity (Wildman–Crippen MR) is 107 cm³/mol. The molecule has 1 saturated heterocycles. The van der Waals surface area contributed by atoms with Crippen molar-refractivity contribution in [3.05, 3.63) is 65.5 Å². The number of hydrogen-bond donors (Lipinski definition) is 1. The first kappa shape index (κ1) is 20.2. The Morgan fingerprint density at radius 2 is 2.03 bits per heavy atom. The Morgan fingerprint density at radius 1 is 1.23 bits per heavy atom. The fourth-order valence-electron chi connectivity index (χ4n) is 3.57. The van der Waals surface area contributed by atoms with Gasteiger partial charge in [0.25, 0.3) is 5.89 Å². The number of amides is 1. The third-order valence-electron chi connectivity index (χ3n) is 5.20. The Morgan fingerprint density at radius 3 is 2.80 bits per heavy atom. The number of carbonyl (C=O) groups excluding carboxylic acids is 1. The van der Waals surface area contributed by atoms with Gasteiger partial charge in [-0.05, 0) is 50.6 Å². The molecular formula is C22H22F2N4O2. The molecule has 1 aliphatic heterocycles. The highest BCUT2D eigenvalue weighted by molar-refractivity contribution is 5.92. The molecule has 2 heterocycles. The van der Waals surface area contributed by atoms with Crippen LogP contribution >= 0.6 is 0 Å². The summed E-state index contributed by atoms with van der Waals surface area (Å²) in [6, 6.07) is 10.9. The van der Waals surface area contributed by atoms with E-state index in [9.17, 15) is 13.6 Å². The number of rotatable bonds is 5. The van der Waals surface area contributed by atoms with Gasteiger partial charge in [-0.1, -0.05) is 22.9 Å². The molecule has 6 nitrogen and oxygen atoms in total. The van der Waals surface area contributed by atoms with Crippen LogP contribution in [0, 0.1) is 24.5 Å². The van der Waals surface area contributed by atoms with Crippen LogP contribution in [0.2, 0.25) is 0 Å². The summed E-state index contributed by atoms with van der Waals surface area (Å²) in [6.45, 7) is 3.78. The van der Waals surface area contributed by atoms with Crippen molar-refractivity contribution in [3.8, 4) is 11.5 Å². The van der Waals surface area contributed by atoms with E-state index in [0.29, 0.717) is 31.2 Å². The smallest absolute Gasteiger partial charge is 0.257 e. The summed E-state index contributed by atoms with van der Waals surface area (Å²) in [5, 5.41) is 6.62. The number of hydrogen-bond acceptors (Lipinski definition) is 5. The van der Waals surface area contributed by atoms with E-state index >= 15 is 0 Å². The maximum absolute atomic E-state index is 13.8. The fourth-order valence-corrected chi connectivity index (χ4v) is 3.57. The van der Waals surface area contributed by atoms with E-state index in [2.05, 4.69) is 20.4 Å². The Balaban J connectivity index is 1.37. The van der Waals surface area contributed by atoms with E-state index in [1.165, 1.54) is 6.07 Å². The fraction of sp³-hybridized carbons (Fsp3) is 0.318. The maximum Gasteiger partial charge on any atom is 0.257 e. The van der Waals surface area contributed by atoms with Gasteiger partial charge in [0.05, 0.1) is 18.2 Å². The molecule has 2 aromatic carbocycles. The van der Waals surface area contributed by atoms with Crippen molar-refractivity contribution in [3.63, 3.8) is 0 Å². The minimum Gasteiger partial charge on any atom is -0.334 e. The van der Waals surface area contributed by atoms with Gasteiger partial charge in [-0.15, -0.1) is 0 Å². The lowest BCUT2D eigenvalue weighted by molar-refractivity contribution is -0.121. The largest absolute Gasteiger partial charge is 0.334 e. The number of piperidine rings is 1. The van der Waals surface area contributed by atoms with Crippen LogP contribution in [0.25, 0.3) is 11.5 Å². The van der Waals surface area contributed by atoms with Crippen LogP contribution in [-0.2, 0) is 11.3 Å². The number of nitrogens with one attached hydrogen (secondary N) is 1. The number of likely N-dealkylation sites (tertiary alicyclic amines) is 1. The Bertz CT molecular complexity index is 1040. The number of halogens is 2. The summed E-state index contributed by atoms with van der Waals surface area (Å²) in [5.74, 6) is -1.03. The van der Waals surface area contributed by atoms with Gasteiger partial charge < -0.3 is 9.84 Å². The molecule has 4 rings (SSSR count). The molecule has 1 atom stereocenters. The summed E-state index contributed by atoms with van der Waals surface area (Å²) in [5.41, 5.74) is 1.99. The van der Waals surface area contributed by atoms with Gasteiger partial charge in [0.2, 0.25) is 5.91 Å². The highest BCUT2D eigenvalue weighted by Crippen LogP contribution is 2.23. The van der Waals surface area contributed by atoms with Crippen LogP contribution in [0.4, 0.5) is 14.5 Å². The summed E-state index contributed by atoms with van der Waals surface area (Å²) in [6.07, 6.45) is 1.53. The molecule has 0 radical (unpaired) electrons. The van der Waals surface area contributed by atoms with Gasteiger partial charge in [-0.2, -0.15) is 4.98 Å². The highest BCUT2D eigenvalue weighted by atomic mass is 19.1. The van der Waals surface area contributed by atoms with Crippen LogP contribution in [-0.4, -0.2) is 34.0 Å². The highest BCUT2D eigenvalue weighted by Gasteiger charge is 2.27. The lowest BCUT2D eigenvalue weighted by Gasteiger charge is -2.31. The monoisotopic (exact) mass is 412 g/mol. The van der Waals surface area contributed by atoms with Crippen molar-refractivity contribution >= 4 is 11.6 Å². The molecule has 30 heavy (non-hydrogen) atoms. The van der Waals surface area contributed by atoms with Crippen LogP contribution in [0.15, 0.2) is 47.0 Å². The summed E-state index contributed by atoms with van der Waals surface area (Å²) in [7, 11) is 0. The molecule has 156 valence electrons. The molecule has 1 aromatic heterocycles. The van der Waals surface area contributed by atoms with Gasteiger partial charge in [-0.25, -0.2) is 8.78 Å². The molecule has 1 amide bonds. The molecule has 0 saturated carbocycles. The third-order valence-corrected chi connectivity index (χ3v) is 5.20. The molecular weight excluding hydrogens is 390 g/mol. The molecule has 0 bridgehead atoms. The van der Waals surface area contributed by atoms with Gasteiger partial charge in [-0.3, -0.25) is 9.69 Å². The number of carbonyl (C=O) groups is 1. The average Bonchev–Trinajstić information content (AvgIpc) is 3.19. The number of benzene rings is 2. The molecule has 0 unspecified atom stereocenters. The Kier molecular flexibility index (Phi) is 5.85. The van der Waals surface area contributed by atoms with Crippen molar-refractivity contribution < 1.29 is 18.1 Å². The Hall–Kier alpha value is -3.13. The molecule has 8 heteroatoms. The van der Waals surface area contributed by atoms with Gasteiger partial charge >= 0.3 is 0 Å². The van der Waals surface area contributed by atoms with Crippen LogP contribution < -0.4 is 5.32 Å². The second-order valence-corrected chi connectivity index (χ2v) is 7.57. The van der Waals surface area contributed by atoms with Crippen LogP contribution in [0.5, 0.6) is 0 Å². The van der Waals surface area contributed by atoms with Gasteiger partial charge in [0.1, 0.15) is 11.6 Å². The van der Waals surface area contributed by atoms with Crippen molar-refractivity contribution in [2.45, 2.75) is 26.3 Å². The first-order valence-corrected chi connectivity index (χ1v) is 9.86. The van der Waals surface area contributed by atoms with Crippen molar-refractivity contribution in [2.75, 3.05) is 18.4 Å². The SMILES string of the molecule is Cc1ccc(-c2nc(CN3CCC[C@H](C(=O)Nc4ccc(F)cc4F)C3)no2)cc1. The topological polar surface area (TPSA) is 71.3 Å². The molecule has 1 N–H and O–H groups in total. The zero-order valence-corrected chi connectivity index (χ0v) is 16.6. The molecule has 3 aromatic rings. The minimum atomic E-state index is -0.786. The number of aryl methyl sites for hydroxylation is 1. The van der Waals surface area contributed by atoms with Gasteiger partial charge in [0.15, 0.2) is 5.82 Å². The third kappa shape index (κ3) is 4.71. The standard InChI is InChI=1S/C22H22F2N4O2/c1-14-4-6-15(7-5-14)22-26-20(27-30-22)13-28-10-2-3-16(12-28)21(29)25-19-9-8-17(23)11-18(19)24/h4-9,11,16H,2-3,10,12-13H2,1H3,(H,25,29)/t16-/m0/s1. The zero-order chi connectivity index (χ0) is 21.1. The van der Waals surface area contributed by atoms with Gasteiger partial charge in [0, 0.05) is 18.2 Å². The summed E-state index contributed by atoms with van der Waals surface area (Å²) < 4.78 is 32.2. The van der Waals surface area contributed by atoms with E-state index in [0.717, 1.165) is 36.2 Å². The van der Waals surface area contributed by atoms with E-state index in [1.807, 2.05) is 31.2 Å². The summed E-state index contributed by atoms with van der Waals surface area (Å²) >= 11 is 0. The van der Waals surface area contributed by atoms with Crippen molar-refractivity contribution in [1.29, 1.82) is 0 Å². The number of nitrogens with zero attached hydrogens (tertiary/aromatic N) is 3. The Labute approximate surface area is 172 Å². The number of anilines is 1. The van der Waals surface area contributed by atoms with E-state index < -0.39 is 11.6 Å². The predicted octanol–water partition coefficient (Wildman–Crippen LogP) is 4.17. The van der Waals surface area contributed by atoms with E-state index in [1.54, 1.807) is 0 Å². The van der Waals surface area contributed by atoms with Crippen LogP contribution in [0.1, 0.15) is 24.2 Å². The lowest BCUT2D eigenvalue weighted by Crippen LogP contribution is -2.40. The second-order valence-electron chi connectivity index (χ2n) is 7.57. The lowest BCUT2D eigenvalue weighted by atomic mass is 9.97. The van der Waals surface area contributed by atoms with Crippen molar-refractivity contribution in [2.24, 2.45) is 5.92 Å². The molecule has 0 spiro atoms.